The second-order valence-corrected chi connectivity index (χ2v) is 9.65. The third-order valence-corrected chi connectivity index (χ3v) is 6.93. The fourth-order valence-electron chi connectivity index (χ4n) is 4.93. The number of carboxylic acid groups (broad SMARTS) is 1. The Labute approximate surface area is 232 Å². The Kier molecular flexibility index (Phi) is 7.10. The van der Waals surface area contributed by atoms with Crippen molar-refractivity contribution in [1.29, 1.82) is 0 Å². The number of benzene rings is 4. The molecule has 4 aromatic carbocycles. The third kappa shape index (κ3) is 5.49. The highest BCUT2D eigenvalue weighted by Gasteiger charge is 2.20. The van der Waals surface area contributed by atoms with E-state index in [2.05, 4.69) is 41.4 Å². The van der Waals surface area contributed by atoms with E-state index in [0.29, 0.717) is 24.3 Å². The highest BCUT2D eigenvalue weighted by atomic mass is 16.5. The molecule has 196 valence electrons. The number of pyridine rings is 1. The fourth-order valence-corrected chi connectivity index (χ4v) is 4.93. The number of fused-ring (bicyclic) bond motifs is 1. The molecule has 1 unspecified atom stereocenters. The van der Waals surface area contributed by atoms with Crippen molar-refractivity contribution < 1.29 is 19.1 Å². The van der Waals surface area contributed by atoms with E-state index in [4.69, 9.17) is 9.15 Å². The van der Waals surface area contributed by atoms with Gasteiger partial charge in [-0.1, -0.05) is 97.1 Å². The maximum atomic E-state index is 11.8. The summed E-state index contributed by atoms with van der Waals surface area (Å²) in [6.07, 6.45) is 1.76. The minimum Gasteiger partial charge on any atom is -0.478 e. The van der Waals surface area contributed by atoms with Crippen molar-refractivity contribution in [2.75, 3.05) is 0 Å². The van der Waals surface area contributed by atoms with E-state index < -0.39 is 12.1 Å². The molecule has 0 bridgehead atoms. The van der Waals surface area contributed by atoms with Crippen molar-refractivity contribution >= 4 is 17.1 Å². The normalized spacial score (nSPS) is 11.8. The van der Waals surface area contributed by atoms with Gasteiger partial charge >= 0.3 is 5.97 Å². The molecule has 0 spiro atoms. The maximum absolute atomic E-state index is 11.8. The van der Waals surface area contributed by atoms with E-state index in [1.165, 1.54) is 5.56 Å². The summed E-state index contributed by atoms with van der Waals surface area (Å²) < 4.78 is 12.0. The number of hydrogen-bond donors (Lipinski definition) is 1. The van der Waals surface area contributed by atoms with Crippen LogP contribution in [0.3, 0.4) is 0 Å². The van der Waals surface area contributed by atoms with Crippen molar-refractivity contribution in [3.05, 3.63) is 144 Å². The van der Waals surface area contributed by atoms with Crippen LogP contribution in [0.2, 0.25) is 0 Å². The number of carboxylic acids is 1. The van der Waals surface area contributed by atoms with E-state index >= 15 is 0 Å². The third-order valence-electron chi connectivity index (χ3n) is 6.93. The average Bonchev–Trinajstić information content (AvgIpc) is 3.36. The van der Waals surface area contributed by atoms with E-state index in [-0.39, 0.29) is 0 Å². The number of ether oxygens (including phenoxy) is 1. The molecule has 0 fully saturated rings. The molecule has 6 aromatic rings. The van der Waals surface area contributed by atoms with Gasteiger partial charge in [0, 0.05) is 30.0 Å². The molecule has 1 N–H and O–H groups in total. The molecule has 1 atom stereocenters. The predicted octanol–water partition coefficient (Wildman–Crippen LogP) is 7.83. The lowest BCUT2D eigenvalue weighted by Gasteiger charge is -2.15. The second kappa shape index (κ2) is 11.3. The van der Waals surface area contributed by atoms with Gasteiger partial charge in [0.2, 0.25) is 5.71 Å². The van der Waals surface area contributed by atoms with E-state index in [9.17, 15) is 9.90 Å². The van der Waals surface area contributed by atoms with Gasteiger partial charge in [0.25, 0.3) is 0 Å². The summed E-state index contributed by atoms with van der Waals surface area (Å²) in [6, 6.07) is 39.7. The fraction of sp³-hybridized carbons (Fsp3) is 0.0857. The molecule has 0 radical (unpaired) electrons. The Bertz CT molecular complexity index is 1720. The Hall–Kier alpha value is -5.16. The number of carbonyl (C=O) groups is 1. The summed E-state index contributed by atoms with van der Waals surface area (Å²) in [5.41, 5.74) is 6.90. The molecular weight excluding hydrogens is 498 g/mol. The van der Waals surface area contributed by atoms with Gasteiger partial charge in [-0.3, -0.25) is 0 Å². The summed E-state index contributed by atoms with van der Waals surface area (Å²) in [5, 5.41) is 10.7. The second-order valence-electron chi connectivity index (χ2n) is 9.65. The van der Waals surface area contributed by atoms with Gasteiger partial charge in [0.15, 0.2) is 6.10 Å². The first-order valence-electron chi connectivity index (χ1n) is 13.2. The van der Waals surface area contributed by atoms with Crippen molar-refractivity contribution in [2.45, 2.75) is 18.9 Å². The zero-order valence-electron chi connectivity index (χ0n) is 21.7. The summed E-state index contributed by atoms with van der Waals surface area (Å²) in [6.45, 7) is 0. The Morgan fingerprint density at radius 1 is 0.725 bits per heavy atom. The van der Waals surface area contributed by atoms with Crippen LogP contribution in [-0.2, 0) is 17.6 Å². The molecule has 0 saturated carbocycles. The first kappa shape index (κ1) is 25.1. The van der Waals surface area contributed by atoms with Gasteiger partial charge in [-0.25, -0.2) is 9.78 Å². The van der Waals surface area contributed by atoms with Crippen LogP contribution in [-0.4, -0.2) is 22.2 Å². The van der Waals surface area contributed by atoms with Gasteiger partial charge in [-0.2, -0.15) is 0 Å². The molecule has 40 heavy (non-hydrogen) atoms. The number of furan rings is 1. The summed E-state index contributed by atoms with van der Waals surface area (Å²) in [4.78, 5) is 16.2. The SMILES string of the molecule is O=C(O)C(Cc1ccccc1)Oc1ccc(-c2ccc(-c3c(Cc4ccccc4)oc4ncccc34)cc2)cc1. The van der Waals surface area contributed by atoms with E-state index in [1.54, 1.807) is 6.20 Å². The smallest absolute Gasteiger partial charge is 0.345 e. The molecule has 2 aromatic heterocycles. The first-order chi connectivity index (χ1) is 19.6. The molecule has 5 nitrogen and oxygen atoms in total. The van der Waals surface area contributed by atoms with Gasteiger partial charge in [0.1, 0.15) is 11.5 Å². The summed E-state index contributed by atoms with van der Waals surface area (Å²) in [7, 11) is 0. The molecule has 2 heterocycles. The predicted molar refractivity (Wildman–Crippen MR) is 156 cm³/mol. The lowest BCUT2D eigenvalue weighted by molar-refractivity contribution is -0.145. The number of rotatable bonds is 9. The monoisotopic (exact) mass is 525 g/mol. The minimum atomic E-state index is -0.989. The van der Waals surface area contributed by atoms with E-state index in [1.807, 2.05) is 84.9 Å². The Morgan fingerprint density at radius 3 is 1.98 bits per heavy atom. The molecular formula is C35H27NO4. The standard InChI is InChI=1S/C35H27NO4/c37-35(38)32(23-25-10-5-2-6-11-25)39-29-19-17-27(18-20-29)26-13-15-28(16-14-26)33-30-12-7-21-36-34(30)40-31(33)22-24-8-3-1-4-9-24/h1-21,32H,22-23H2,(H,37,38). The van der Waals surface area contributed by atoms with Crippen molar-refractivity contribution in [1.82, 2.24) is 4.98 Å². The van der Waals surface area contributed by atoms with Crippen LogP contribution in [0.1, 0.15) is 16.9 Å². The summed E-state index contributed by atoms with van der Waals surface area (Å²) in [5.74, 6) is 0.418. The van der Waals surface area contributed by atoms with Gasteiger partial charge in [-0.15, -0.1) is 0 Å². The highest BCUT2D eigenvalue weighted by molar-refractivity contribution is 5.94. The quantitative estimate of drug-likeness (QED) is 0.208. The van der Waals surface area contributed by atoms with Crippen molar-refractivity contribution in [3.63, 3.8) is 0 Å². The van der Waals surface area contributed by atoms with Crippen LogP contribution in [0, 0.1) is 0 Å². The molecule has 0 aliphatic rings. The van der Waals surface area contributed by atoms with Gasteiger partial charge < -0.3 is 14.3 Å². The van der Waals surface area contributed by atoms with Crippen LogP contribution >= 0.6 is 0 Å². The first-order valence-corrected chi connectivity index (χ1v) is 13.2. The lowest BCUT2D eigenvalue weighted by Crippen LogP contribution is -2.29. The van der Waals surface area contributed by atoms with E-state index in [0.717, 1.165) is 39.0 Å². The number of aliphatic carboxylic acids is 1. The van der Waals surface area contributed by atoms with Crippen LogP contribution in [0.25, 0.3) is 33.4 Å². The van der Waals surface area contributed by atoms with Crippen LogP contribution in [0.5, 0.6) is 5.75 Å². The lowest BCUT2D eigenvalue weighted by atomic mass is 9.97. The number of nitrogens with zero attached hydrogens (tertiary/aromatic N) is 1. The average molecular weight is 526 g/mol. The highest BCUT2D eigenvalue weighted by Crippen LogP contribution is 2.36. The Morgan fingerprint density at radius 2 is 1.32 bits per heavy atom. The molecule has 0 saturated heterocycles. The zero-order chi connectivity index (χ0) is 27.3. The molecule has 5 heteroatoms. The Balaban J connectivity index is 1.23. The van der Waals surface area contributed by atoms with Crippen LogP contribution < -0.4 is 4.74 Å². The van der Waals surface area contributed by atoms with Crippen LogP contribution in [0.4, 0.5) is 0 Å². The topological polar surface area (TPSA) is 72.6 Å². The molecule has 0 aliphatic carbocycles. The zero-order valence-corrected chi connectivity index (χ0v) is 21.7. The number of aromatic nitrogens is 1. The minimum absolute atomic E-state index is 0.295. The molecule has 6 rings (SSSR count). The number of hydrogen-bond acceptors (Lipinski definition) is 4. The molecule has 0 amide bonds. The van der Waals surface area contributed by atoms with Crippen LogP contribution in [0.15, 0.2) is 132 Å². The van der Waals surface area contributed by atoms with Crippen molar-refractivity contribution in [3.8, 4) is 28.0 Å². The van der Waals surface area contributed by atoms with Crippen molar-refractivity contribution in [2.24, 2.45) is 0 Å². The van der Waals surface area contributed by atoms with Gasteiger partial charge in [-0.05, 0) is 52.1 Å². The maximum Gasteiger partial charge on any atom is 0.345 e. The van der Waals surface area contributed by atoms with Gasteiger partial charge in [0.05, 0.1) is 0 Å². The molecule has 0 aliphatic heterocycles. The largest absolute Gasteiger partial charge is 0.478 e. The summed E-state index contributed by atoms with van der Waals surface area (Å²) >= 11 is 0.